The molecule has 0 bridgehead atoms. The molecule has 1 heterocycles. The molecule has 3 aromatic rings. The van der Waals surface area contributed by atoms with Crippen molar-refractivity contribution in [2.75, 3.05) is 0 Å². The molecule has 0 aliphatic rings. The Bertz CT molecular complexity index is 897. The van der Waals surface area contributed by atoms with Gasteiger partial charge in [-0.1, -0.05) is 48.9 Å². The highest BCUT2D eigenvalue weighted by Gasteiger charge is 2.22. The maximum Gasteiger partial charge on any atom is 0.220 e. The number of rotatable bonds is 5. The standard InChI is InChI=1S/C20H19ClN2O2/c1-2-7-17(24)23-18(13-8-4-3-5-9-13)15-12-16(21)14-10-6-11-22-19(14)20(15)25/h3-6,8-12,18,25H,2,7H2,1H3,(H,23,24)/t18-/m0/s1. The van der Waals surface area contributed by atoms with Gasteiger partial charge in [0, 0.05) is 23.6 Å². The van der Waals surface area contributed by atoms with Gasteiger partial charge in [-0.3, -0.25) is 9.78 Å². The van der Waals surface area contributed by atoms with Gasteiger partial charge in [-0.25, -0.2) is 0 Å². The van der Waals surface area contributed by atoms with Crippen molar-refractivity contribution in [2.45, 2.75) is 25.8 Å². The fourth-order valence-corrected chi connectivity index (χ4v) is 3.14. The van der Waals surface area contributed by atoms with Gasteiger partial charge < -0.3 is 10.4 Å². The average Bonchev–Trinajstić information content (AvgIpc) is 2.64. The SMILES string of the molecule is CCCC(=O)N[C@@H](c1ccccc1)c1cc(Cl)c2cccnc2c1O. The number of carbonyl (C=O) groups is 1. The maximum atomic E-state index is 12.2. The third-order valence-electron chi connectivity index (χ3n) is 4.07. The first-order chi connectivity index (χ1) is 12.1. The first-order valence-corrected chi connectivity index (χ1v) is 8.60. The highest BCUT2D eigenvalue weighted by Crippen LogP contribution is 2.38. The van der Waals surface area contributed by atoms with Crippen LogP contribution in [-0.2, 0) is 4.79 Å². The van der Waals surface area contributed by atoms with E-state index in [1.807, 2.05) is 37.3 Å². The number of benzene rings is 2. The first kappa shape index (κ1) is 17.2. The lowest BCUT2D eigenvalue weighted by molar-refractivity contribution is -0.121. The van der Waals surface area contributed by atoms with Crippen molar-refractivity contribution in [1.29, 1.82) is 0 Å². The molecule has 0 aliphatic carbocycles. The Labute approximate surface area is 151 Å². The number of carbonyl (C=O) groups excluding carboxylic acids is 1. The molecule has 2 aromatic carbocycles. The molecular weight excluding hydrogens is 336 g/mol. The normalized spacial score (nSPS) is 12.1. The second-order valence-electron chi connectivity index (χ2n) is 5.86. The van der Waals surface area contributed by atoms with E-state index in [0.717, 1.165) is 12.0 Å². The minimum absolute atomic E-state index is 0.0330. The lowest BCUT2D eigenvalue weighted by Crippen LogP contribution is -2.29. The van der Waals surface area contributed by atoms with Crippen molar-refractivity contribution in [3.63, 3.8) is 0 Å². The monoisotopic (exact) mass is 354 g/mol. The van der Waals surface area contributed by atoms with Gasteiger partial charge in [0.15, 0.2) is 0 Å². The third kappa shape index (κ3) is 3.59. The summed E-state index contributed by atoms with van der Waals surface area (Å²) in [5.41, 5.74) is 1.83. The second-order valence-corrected chi connectivity index (χ2v) is 6.26. The van der Waals surface area contributed by atoms with Gasteiger partial charge in [-0.15, -0.1) is 0 Å². The molecular formula is C20H19ClN2O2. The van der Waals surface area contributed by atoms with Gasteiger partial charge >= 0.3 is 0 Å². The predicted molar refractivity (Wildman–Crippen MR) is 99.8 cm³/mol. The van der Waals surface area contributed by atoms with E-state index < -0.39 is 6.04 Å². The topological polar surface area (TPSA) is 62.2 Å². The lowest BCUT2D eigenvalue weighted by Gasteiger charge is -2.22. The van der Waals surface area contributed by atoms with Crippen LogP contribution < -0.4 is 5.32 Å². The number of aromatic nitrogens is 1. The fraction of sp³-hybridized carbons (Fsp3) is 0.200. The van der Waals surface area contributed by atoms with Gasteiger partial charge in [0.25, 0.3) is 0 Å². The average molecular weight is 355 g/mol. The van der Waals surface area contributed by atoms with E-state index in [9.17, 15) is 9.90 Å². The smallest absolute Gasteiger partial charge is 0.220 e. The Morgan fingerprint density at radius 2 is 2.00 bits per heavy atom. The van der Waals surface area contributed by atoms with Crippen LogP contribution in [0.1, 0.15) is 36.9 Å². The van der Waals surface area contributed by atoms with Crippen LogP contribution in [0.2, 0.25) is 5.02 Å². The van der Waals surface area contributed by atoms with Crippen molar-refractivity contribution in [3.05, 3.63) is 70.9 Å². The van der Waals surface area contributed by atoms with Crippen molar-refractivity contribution in [2.24, 2.45) is 0 Å². The van der Waals surface area contributed by atoms with E-state index in [0.29, 0.717) is 27.9 Å². The quantitative estimate of drug-likeness (QED) is 0.703. The maximum absolute atomic E-state index is 12.2. The summed E-state index contributed by atoms with van der Waals surface area (Å²) in [4.78, 5) is 16.5. The van der Waals surface area contributed by atoms with Crippen LogP contribution >= 0.6 is 11.6 Å². The molecule has 2 N–H and O–H groups in total. The summed E-state index contributed by atoms with van der Waals surface area (Å²) in [6.07, 6.45) is 2.78. The molecule has 128 valence electrons. The Kier molecular flexibility index (Phi) is 5.19. The van der Waals surface area contributed by atoms with E-state index in [-0.39, 0.29) is 11.7 Å². The van der Waals surface area contributed by atoms with Crippen LogP contribution in [0.15, 0.2) is 54.7 Å². The van der Waals surface area contributed by atoms with Crippen molar-refractivity contribution in [1.82, 2.24) is 10.3 Å². The summed E-state index contributed by atoms with van der Waals surface area (Å²) < 4.78 is 0. The number of hydrogen-bond donors (Lipinski definition) is 2. The van der Waals surface area contributed by atoms with Crippen LogP contribution in [0.4, 0.5) is 0 Å². The van der Waals surface area contributed by atoms with Crippen LogP contribution in [0.5, 0.6) is 5.75 Å². The molecule has 3 rings (SSSR count). The zero-order valence-corrected chi connectivity index (χ0v) is 14.6. The van der Waals surface area contributed by atoms with Crippen LogP contribution in [0, 0.1) is 0 Å². The Balaban J connectivity index is 2.14. The van der Waals surface area contributed by atoms with Gasteiger partial charge in [-0.05, 0) is 30.2 Å². The van der Waals surface area contributed by atoms with Gasteiger partial charge in [0.2, 0.25) is 5.91 Å². The van der Waals surface area contributed by atoms with E-state index in [2.05, 4.69) is 10.3 Å². The van der Waals surface area contributed by atoms with Crippen molar-refractivity contribution >= 4 is 28.4 Å². The van der Waals surface area contributed by atoms with Crippen LogP contribution in [0.25, 0.3) is 10.9 Å². The summed E-state index contributed by atoms with van der Waals surface area (Å²) in [7, 11) is 0. The molecule has 1 amide bonds. The second kappa shape index (κ2) is 7.53. The molecule has 0 unspecified atom stereocenters. The number of phenols is 1. The van der Waals surface area contributed by atoms with Crippen molar-refractivity contribution < 1.29 is 9.90 Å². The Morgan fingerprint density at radius 3 is 2.72 bits per heavy atom. The molecule has 1 atom stereocenters. The third-order valence-corrected chi connectivity index (χ3v) is 4.38. The molecule has 0 saturated heterocycles. The summed E-state index contributed by atoms with van der Waals surface area (Å²) in [6, 6.07) is 14.3. The molecule has 0 aliphatic heterocycles. The number of pyridine rings is 1. The Morgan fingerprint density at radius 1 is 1.24 bits per heavy atom. The van der Waals surface area contributed by atoms with E-state index >= 15 is 0 Å². The van der Waals surface area contributed by atoms with Crippen LogP contribution in [-0.4, -0.2) is 16.0 Å². The van der Waals surface area contributed by atoms with Gasteiger partial charge in [0.05, 0.1) is 11.1 Å². The van der Waals surface area contributed by atoms with Gasteiger partial charge in [-0.2, -0.15) is 0 Å². The number of hydrogen-bond acceptors (Lipinski definition) is 3. The minimum atomic E-state index is -0.496. The number of fused-ring (bicyclic) bond motifs is 1. The molecule has 25 heavy (non-hydrogen) atoms. The van der Waals surface area contributed by atoms with E-state index in [1.165, 1.54) is 0 Å². The number of amides is 1. The molecule has 0 spiro atoms. The largest absolute Gasteiger partial charge is 0.505 e. The minimum Gasteiger partial charge on any atom is -0.505 e. The highest BCUT2D eigenvalue weighted by atomic mass is 35.5. The first-order valence-electron chi connectivity index (χ1n) is 8.22. The highest BCUT2D eigenvalue weighted by molar-refractivity contribution is 6.35. The molecule has 0 fully saturated rings. The van der Waals surface area contributed by atoms with E-state index in [1.54, 1.807) is 24.4 Å². The predicted octanol–water partition coefficient (Wildman–Crippen LogP) is 4.60. The summed E-state index contributed by atoms with van der Waals surface area (Å²) >= 11 is 6.40. The van der Waals surface area contributed by atoms with Crippen molar-refractivity contribution in [3.8, 4) is 5.75 Å². The summed E-state index contributed by atoms with van der Waals surface area (Å²) in [5.74, 6) is -0.0429. The zero-order valence-electron chi connectivity index (χ0n) is 13.9. The van der Waals surface area contributed by atoms with E-state index in [4.69, 9.17) is 11.6 Å². The fourth-order valence-electron chi connectivity index (χ4n) is 2.87. The Hall–Kier alpha value is -2.59. The number of nitrogens with zero attached hydrogens (tertiary/aromatic N) is 1. The zero-order chi connectivity index (χ0) is 17.8. The molecule has 0 radical (unpaired) electrons. The van der Waals surface area contributed by atoms with Crippen LogP contribution in [0.3, 0.4) is 0 Å². The molecule has 1 aromatic heterocycles. The van der Waals surface area contributed by atoms with Gasteiger partial charge in [0.1, 0.15) is 11.3 Å². The molecule has 4 nitrogen and oxygen atoms in total. The molecule has 0 saturated carbocycles. The number of aromatic hydroxyl groups is 1. The molecule has 5 heteroatoms. The lowest BCUT2D eigenvalue weighted by atomic mass is 9.96. The summed E-state index contributed by atoms with van der Waals surface area (Å²) in [6.45, 7) is 1.95. The summed E-state index contributed by atoms with van der Waals surface area (Å²) in [5, 5.41) is 14.9. The number of phenolic OH excluding ortho intramolecular Hbond substituents is 1. The number of nitrogens with one attached hydrogen (secondary N) is 1. The number of halogens is 1.